The summed E-state index contributed by atoms with van der Waals surface area (Å²) in [6, 6.07) is 6.72. The number of nitrogens with zero attached hydrogens (tertiary/aromatic N) is 1. The molecule has 0 aromatic heterocycles. The molecule has 0 radical (unpaired) electrons. The van der Waals surface area contributed by atoms with Gasteiger partial charge in [0.1, 0.15) is 11.6 Å². The van der Waals surface area contributed by atoms with Crippen LogP contribution in [-0.2, 0) is 9.53 Å². The molecule has 0 spiro atoms. The Bertz CT molecular complexity index is 554. The van der Waals surface area contributed by atoms with Crippen molar-refractivity contribution in [3.63, 3.8) is 0 Å². The van der Waals surface area contributed by atoms with Crippen molar-refractivity contribution < 1.29 is 14.3 Å². The minimum absolute atomic E-state index is 0.195. The van der Waals surface area contributed by atoms with Crippen molar-refractivity contribution in [3.05, 3.63) is 34.3 Å². The minimum atomic E-state index is -0.677. The Morgan fingerprint density at radius 1 is 1.38 bits per heavy atom. The first-order chi connectivity index (χ1) is 9.79. The van der Waals surface area contributed by atoms with Crippen LogP contribution in [0.15, 0.2) is 28.7 Å². The molecular formula is C15H19BrN2O3. The number of carbonyl (C=O) groups excluding carboxylic acids is 2. The van der Waals surface area contributed by atoms with Gasteiger partial charge in [-0.1, -0.05) is 34.1 Å². The highest BCUT2D eigenvalue weighted by Crippen LogP contribution is 2.30. The number of halogens is 1. The summed E-state index contributed by atoms with van der Waals surface area (Å²) in [7, 11) is 0. The van der Waals surface area contributed by atoms with Gasteiger partial charge in [-0.2, -0.15) is 0 Å². The van der Waals surface area contributed by atoms with E-state index in [2.05, 4.69) is 21.2 Å². The lowest BCUT2D eigenvalue weighted by Crippen LogP contribution is -2.53. The van der Waals surface area contributed by atoms with Gasteiger partial charge in [0.2, 0.25) is 5.91 Å². The molecule has 1 aromatic carbocycles. The van der Waals surface area contributed by atoms with Gasteiger partial charge in [-0.15, -0.1) is 0 Å². The number of piperazine rings is 1. The zero-order valence-corrected chi connectivity index (χ0v) is 13.9. The Kier molecular flexibility index (Phi) is 4.56. The fourth-order valence-electron chi connectivity index (χ4n) is 2.19. The van der Waals surface area contributed by atoms with Gasteiger partial charge in [-0.25, -0.2) is 4.79 Å². The van der Waals surface area contributed by atoms with Crippen LogP contribution in [-0.4, -0.2) is 35.6 Å². The summed E-state index contributed by atoms with van der Waals surface area (Å²) in [5.41, 5.74) is 0.157. The van der Waals surface area contributed by atoms with Crippen LogP contribution in [0.1, 0.15) is 32.4 Å². The second kappa shape index (κ2) is 6.05. The summed E-state index contributed by atoms with van der Waals surface area (Å²) in [5, 5.41) is 2.80. The highest BCUT2D eigenvalue weighted by molar-refractivity contribution is 9.10. The monoisotopic (exact) mass is 354 g/mol. The number of rotatable bonds is 1. The summed E-state index contributed by atoms with van der Waals surface area (Å²) in [4.78, 5) is 26.1. The fourth-order valence-corrected chi connectivity index (χ4v) is 2.69. The first-order valence-corrected chi connectivity index (χ1v) is 7.60. The first kappa shape index (κ1) is 15.8. The highest BCUT2D eigenvalue weighted by Gasteiger charge is 2.37. The smallest absolute Gasteiger partial charge is 0.411 e. The predicted octanol–water partition coefficient (Wildman–Crippen LogP) is 2.86. The van der Waals surface area contributed by atoms with Crippen LogP contribution in [0.5, 0.6) is 0 Å². The van der Waals surface area contributed by atoms with Crippen molar-refractivity contribution in [2.75, 3.05) is 13.1 Å². The molecule has 6 heteroatoms. The van der Waals surface area contributed by atoms with Crippen LogP contribution in [0.4, 0.5) is 4.79 Å². The standard InChI is InChI=1S/C15H19BrN2O3/c1-15(2,3)21-14(20)18-9-8-17-13(19)12(18)10-6-4-5-7-11(10)16/h4-7,12H,8-9H2,1-3H3,(H,17,19). The molecule has 1 fully saturated rings. The van der Waals surface area contributed by atoms with Gasteiger partial charge >= 0.3 is 6.09 Å². The van der Waals surface area contributed by atoms with Crippen LogP contribution in [0.3, 0.4) is 0 Å². The Labute approximate surface area is 132 Å². The van der Waals surface area contributed by atoms with Crippen molar-refractivity contribution >= 4 is 27.9 Å². The first-order valence-electron chi connectivity index (χ1n) is 6.81. The normalized spacial score (nSPS) is 19.1. The maximum atomic E-state index is 12.4. The lowest BCUT2D eigenvalue weighted by molar-refractivity contribution is -0.129. The Balaban J connectivity index is 2.32. The van der Waals surface area contributed by atoms with Gasteiger partial charge in [0, 0.05) is 17.6 Å². The number of hydrogen-bond acceptors (Lipinski definition) is 3. The Hall–Kier alpha value is -1.56. The van der Waals surface area contributed by atoms with E-state index in [1.165, 1.54) is 4.90 Å². The van der Waals surface area contributed by atoms with Crippen molar-refractivity contribution in [1.82, 2.24) is 10.2 Å². The largest absolute Gasteiger partial charge is 0.444 e. The topological polar surface area (TPSA) is 58.6 Å². The molecule has 5 nitrogen and oxygen atoms in total. The van der Waals surface area contributed by atoms with E-state index in [1.54, 1.807) is 0 Å². The highest BCUT2D eigenvalue weighted by atomic mass is 79.9. The molecule has 1 atom stereocenters. The summed E-state index contributed by atoms with van der Waals surface area (Å²) in [5.74, 6) is -0.195. The minimum Gasteiger partial charge on any atom is -0.444 e. The number of hydrogen-bond donors (Lipinski definition) is 1. The van der Waals surface area contributed by atoms with Gasteiger partial charge in [0.25, 0.3) is 0 Å². The molecule has 21 heavy (non-hydrogen) atoms. The molecule has 1 aliphatic rings. The van der Waals surface area contributed by atoms with Gasteiger partial charge in [-0.3, -0.25) is 9.69 Å². The van der Waals surface area contributed by atoms with Crippen molar-refractivity contribution in [1.29, 1.82) is 0 Å². The quantitative estimate of drug-likeness (QED) is 0.843. The Morgan fingerprint density at radius 3 is 2.67 bits per heavy atom. The number of nitrogens with one attached hydrogen (secondary N) is 1. The third kappa shape index (κ3) is 3.75. The second-order valence-corrected chi connectivity index (χ2v) is 6.74. The molecule has 1 N–H and O–H groups in total. The van der Waals surface area contributed by atoms with Gasteiger partial charge in [-0.05, 0) is 32.4 Å². The maximum absolute atomic E-state index is 12.4. The average Bonchev–Trinajstić information content (AvgIpc) is 2.37. The van der Waals surface area contributed by atoms with E-state index in [4.69, 9.17) is 4.74 Å². The number of benzene rings is 1. The van der Waals surface area contributed by atoms with Crippen LogP contribution in [0, 0.1) is 0 Å². The average molecular weight is 355 g/mol. The summed E-state index contributed by atoms with van der Waals surface area (Å²) < 4.78 is 6.20. The van der Waals surface area contributed by atoms with Crippen LogP contribution in [0.25, 0.3) is 0 Å². The van der Waals surface area contributed by atoms with Gasteiger partial charge in [0.05, 0.1) is 0 Å². The van der Waals surface area contributed by atoms with Crippen LogP contribution < -0.4 is 5.32 Å². The van der Waals surface area contributed by atoms with Crippen molar-refractivity contribution in [2.45, 2.75) is 32.4 Å². The number of carbonyl (C=O) groups is 2. The second-order valence-electron chi connectivity index (χ2n) is 5.89. The molecule has 114 valence electrons. The van der Waals surface area contributed by atoms with Crippen LogP contribution >= 0.6 is 15.9 Å². The third-order valence-electron chi connectivity index (χ3n) is 3.04. The number of ether oxygens (including phenoxy) is 1. The lowest BCUT2D eigenvalue weighted by Gasteiger charge is -2.36. The summed E-state index contributed by atoms with van der Waals surface area (Å²) in [6.45, 7) is 6.28. The van der Waals surface area contributed by atoms with E-state index >= 15 is 0 Å². The summed E-state index contributed by atoms with van der Waals surface area (Å²) >= 11 is 3.44. The van der Waals surface area contributed by atoms with E-state index in [1.807, 2.05) is 45.0 Å². The van der Waals surface area contributed by atoms with E-state index in [-0.39, 0.29) is 5.91 Å². The molecule has 0 bridgehead atoms. The molecule has 1 unspecified atom stereocenters. The van der Waals surface area contributed by atoms with Gasteiger partial charge < -0.3 is 10.1 Å². The molecule has 1 aliphatic heterocycles. The van der Waals surface area contributed by atoms with Gasteiger partial charge in [0.15, 0.2) is 0 Å². The molecule has 2 rings (SSSR count). The van der Waals surface area contributed by atoms with Crippen molar-refractivity contribution in [2.24, 2.45) is 0 Å². The molecule has 1 heterocycles. The number of amides is 2. The zero-order chi connectivity index (χ0) is 15.6. The molecule has 1 aromatic rings. The summed E-state index contributed by atoms with van der Waals surface area (Å²) in [6.07, 6.45) is -0.474. The van der Waals surface area contributed by atoms with Crippen LogP contribution in [0.2, 0.25) is 0 Å². The third-order valence-corrected chi connectivity index (χ3v) is 3.76. The molecule has 0 saturated carbocycles. The maximum Gasteiger partial charge on any atom is 0.411 e. The van der Waals surface area contributed by atoms with E-state index in [0.29, 0.717) is 13.1 Å². The Morgan fingerprint density at radius 2 is 2.05 bits per heavy atom. The SMILES string of the molecule is CC(C)(C)OC(=O)N1CCNC(=O)C1c1ccccc1Br. The molecular weight excluding hydrogens is 336 g/mol. The predicted molar refractivity (Wildman–Crippen MR) is 82.8 cm³/mol. The van der Waals surface area contributed by atoms with E-state index in [0.717, 1.165) is 10.0 Å². The molecule has 1 saturated heterocycles. The van der Waals surface area contributed by atoms with E-state index < -0.39 is 17.7 Å². The molecule has 0 aliphatic carbocycles. The molecule has 2 amide bonds. The lowest BCUT2D eigenvalue weighted by atomic mass is 10.0. The fraction of sp³-hybridized carbons (Fsp3) is 0.467. The van der Waals surface area contributed by atoms with E-state index in [9.17, 15) is 9.59 Å². The zero-order valence-electron chi connectivity index (χ0n) is 12.4. The van der Waals surface area contributed by atoms with Crippen molar-refractivity contribution in [3.8, 4) is 0 Å².